The fraction of sp³-hybridized carbons (Fsp3) is 0.429. The average Bonchev–Trinajstić information content (AvgIpc) is 2.34. The van der Waals surface area contributed by atoms with Crippen LogP contribution in [0.5, 0.6) is 0 Å². The standard InChI is InChI=1S/C14H16Br2O/c1-2-3-11-14(15,16)13(17)10-9-12-7-5-4-6-8-12/h4-8,13,17H,2-3,11H2,1H3. The van der Waals surface area contributed by atoms with E-state index in [9.17, 15) is 5.11 Å². The lowest BCUT2D eigenvalue weighted by Crippen LogP contribution is -2.28. The van der Waals surface area contributed by atoms with Gasteiger partial charge in [0.2, 0.25) is 0 Å². The summed E-state index contributed by atoms with van der Waals surface area (Å²) in [5, 5.41) is 10.00. The first-order chi connectivity index (χ1) is 8.06. The van der Waals surface area contributed by atoms with Gasteiger partial charge >= 0.3 is 0 Å². The van der Waals surface area contributed by atoms with Crippen molar-refractivity contribution in [2.24, 2.45) is 0 Å². The molecule has 3 heteroatoms. The smallest absolute Gasteiger partial charge is 0.140 e. The minimum atomic E-state index is -0.728. The van der Waals surface area contributed by atoms with Gasteiger partial charge in [-0.15, -0.1) is 0 Å². The van der Waals surface area contributed by atoms with E-state index in [2.05, 4.69) is 50.6 Å². The highest BCUT2D eigenvalue weighted by Gasteiger charge is 2.30. The van der Waals surface area contributed by atoms with Crippen molar-refractivity contribution >= 4 is 31.9 Å². The molecule has 1 aromatic carbocycles. The molecule has 1 nitrogen and oxygen atoms in total. The molecule has 1 unspecified atom stereocenters. The molecule has 17 heavy (non-hydrogen) atoms. The van der Waals surface area contributed by atoms with E-state index in [-0.39, 0.29) is 0 Å². The van der Waals surface area contributed by atoms with Crippen molar-refractivity contribution in [2.75, 3.05) is 0 Å². The van der Waals surface area contributed by atoms with Gasteiger partial charge in [0.15, 0.2) is 0 Å². The maximum Gasteiger partial charge on any atom is 0.140 e. The Kier molecular flexibility index (Phi) is 6.26. The van der Waals surface area contributed by atoms with Gasteiger partial charge in [-0.2, -0.15) is 0 Å². The first-order valence-corrected chi connectivity index (χ1v) is 7.27. The molecule has 92 valence electrons. The van der Waals surface area contributed by atoms with E-state index in [4.69, 9.17) is 0 Å². The zero-order valence-electron chi connectivity index (χ0n) is 9.79. The maximum atomic E-state index is 10.00. The molecule has 0 saturated carbocycles. The molecule has 1 N–H and O–H groups in total. The second-order valence-corrected chi connectivity index (χ2v) is 7.80. The number of rotatable bonds is 4. The Morgan fingerprint density at radius 2 is 1.94 bits per heavy atom. The molecule has 0 aliphatic carbocycles. The Hall–Kier alpha value is -0.300. The molecule has 0 amide bonds. The summed E-state index contributed by atoms with van der Waals surface area (Å²) in [5.74, 6) is 5.83. The minimum absolute atomic E-state index is 0.502. The second-order valence-electron chi connectivity index (χ2n) is 3.90. The van der Waals surface area contributed by atoms with Crippen molar-refractivity contribution < 1.29 is 5.11 Å². The van der Waals surface area contributed by atoms with Gasteiger partial charge < -0.3 is 5.11 Å². The molecule has 0 aromatic heterocycles. The van der Waals surface area contributed by atoms with Gasteiger partial charge in [0.25, 0.3) is 0 Å². The normalized spacial score (nSPS) is 12.7. The van der Waals surface area contributed by atoms with Crippen molar-refractivity contribution in [2.45, 2.75) is 35.5 Å². The number of aliphatic hydroxyl groups excluding tert-OH is 1. The Morgan fingerprint density at radius 1 is 1.29 bits per heavy atom. The van der Waals surface area contributed by atoms with E-state index in [0.29, 0.717) is 0 Å². The first-order valence-electron chi connectivity index (χ1n) is 5.68. The highest BCUT2D eigenvalue weighted by molar-refractivity contribution is 9.25. The fourth-order valence-electron chi connectivity index (χ4n) is 1.33. The van der Waals surface area contributed by atoms with Crippen molar-refractivity contribution in [1.29, 1.82) is 0 Å². The monoisotopic (exact) mass is 358 g/mol. The first kappa shape index (κ1) is 14.8. The highest BCUT2D eigenvalue weighted by atomic mass is 79.9. The lowest BCUT2D eigenvalue weighted by Gasteiger charge is -2.22. The highest BCUT2D eigenvalue weighted by Crippen LogP contribution is 2.35. The van der Waals surface area contributed by atoms with Gasteiger partial charge in [-0.25, -0.2) is 0 Å². The number of aliphatic hydroxyl groups is 1. The third kappa shape index (κ3) is 5.25. The average molecular weight is 360 g/mol. The van der Waals surface area contributed by atoms with Gasteiger partial charge in [-0.3, -0.25) is 0 Å². The predicted molar refractivity (Wildman–Crippen MR) is 79.4 cm³/mol. The predicted octanol–water partition coefficient (Wildman–Crippen LogP) is 4.08. The molecule has 1 atom stereocenters. The van der Waals surface area contributed by atoms with Crippen LogP contribution < -0.4 is 0 Å². The van der Waals surface area contributed by atoms with Crippen LogP contribution in [-0.4, -0.2) is 14.4 Å². The van der Waals surface area contributed by atoms with Crippen molar-refractivity contribution in [1.82, 2.24) is 0 Å². The molecule has 0 aliphatic rings. The van der Waals surface area contributed by atoms with Crippen LogP contribution in [0.2, 0.25) is 0 Å². The summed E-state index contributed by atoms with van der Waals surface area (Å²) in [5.41, 5.74) is 0.915. The topological polar surface area (TPSA) is 20.2 Å². The van der Waals surface area contributed by atoms with Crippen molar-refractivity contribution in [3.8, 4) is 11.8 Å². The van der Waals surface area contributed by atoms with Crippen LogP contribution in [0, 0.1) is 11.8 Å². The van der Waals surface area contributed by atoms with Gasteiger partial charge in [-0.1, -0.05) is 81.7 Å². The minimum Gasteiger partial charge on any atom is -0.378 e. The SMILES string of the molecule is CCCCC(Br)(Br)C(O)C#Cc1ccccc1. The van der Waals surface area contributed by atoms with E-state index < -0.39 is 9.34 Å². The molecule has 0 heterocycles. The Balaban J connectivity index is 2.65. The van der Waals surface area contributed by atoms with Crippen molar-refractivity contribution in [3.63, 3.8) is 0 Å². The van der Waals surface area contributed by atoms with Crippen LogP contribution in [-0.2, 0) is 0 Å². The summed E-state index contributed by atoms with van der Waals surface area (Å²) in [6.07, 6.45) is 2.25. The van der Waals surface area contributed by atoms with E-state index in [0.717, 1.165) is 24.8 Å². The summed E-state index contributed by atoms with van der Waals surface area (Å²) in [6.45, 7) is 2.12. The van der Waals surface area contributed by atoms with Crippen LogP contribution in [0.1, 0.15) is 31.7 Å². The van der Waals surface area contributed by atoms with Crippen LogP contribution >= 0.6 is 31.9 Å². The molecule has 0 radical (unpaired) electrons. The van der Waals surface area contributed by atoms with E-state index in [1.54, 1.807) is 0 Å². The zero-order chi connectivity index (χ0) is 12.7. The molecule has 0 saturated heterocycles. The van der Waals surface area contributed by atoms with E-state index >= 15 is 0 Å². The van der Waals surface area contributed by atoms with Crippen LogP contribution in [0.4, 0.5) is 0 Å². The Labute approximate surface area is 120 Å². The quantitative estimate of drug-likeness (QED) is 0.634. The van der Waals surface area contributed by atoms with Crippen molar-refractivity contribution in [3.05, 3.63) is 35.9 Å². The maximum absolute atomic E-state index is 10.00. The molecule has 1 rings (SSSR count). The van der Waals surface area contributed by atoms with Gasteiger partial charge in [0, 0.05) is 5.56 Å². The largest absolute Gasteiger partial charge is 0.378 e. The third-order valence-corrected chi connectivity index (χ3v) is 4.05. The second kappa shape index (κ2) is 7.20. The summed E-state index contributed by atoms with van der Waals surface area (Å²) >= 11 is 6.97. The molecule has 0 fully saturated rings. The summed E-state index contributed by atoms with van der Waals surface area (Å²) in [6, 6.07) is 9.67. The number of hydrogen-bond acceptors (Lipinski definition) is 1. The van der Waals surface area contributed by atoms with Gasteiger partial charge in [0.1, 0.15) is 9.34 Å². The summed E-state index contributed by atoms with van der Waals surface area (Å²) in [7, 11) is 0. The van der Waals surface area contributed by atoms with Crippen LogP contribution in [0.25, 0.3) is 0 Å². The number of hydrogen-bond donors (Lipinski definition) is 1. The molecule has 0 bridgehead atoms. The molecule has 0 aliphatic heterocycles. The molecule has 1 aromatic rings. The Bertz CT molecular complexity index is 390. The molecular weight excluding hydrogens is 344 g/mol. The van der Waals surface area contributed by atoms with E-state index in [1.807, 2.05) is 30.3 Å². The van der Waals surface area contributed by atoms with Gasteiger partial charge in [-0.05, 0) is 18.6 Å². The fourth-order valence-corrected chi connectivity index (χ4v) is 2.12. The number of benzene rings is 1. The lowest BCUT2D eigenvalue weighted by atomic mass is 10.1. The molecule has 0 spiro atoms. The number of unbranched alkanes of at least 4 members (excludes halogenated alkanes) is 1. The number of alkyl halides is 2. The zero-order valence-corrected chi connectivity index (χ0v) is 13.0. The van der Waals surface area contributed by atoms with Crippen LogP contribution in [0.15, 0.2) is 30.3 Å². The Morgan fingerprint density at radius 3 is 2.53 bits per heavy atom. The molecular formula is C14H16Br2O. The van der Waals surface area contributed by atoms with Gasteiger partial charge in [0.05, 0.1) is 0 Å². The lowest BCUT2D eigenvalue weighted by molar-refractivity contribution is 0.217. The number of halogens is 2. The summed E-state index contributed by atoms with van der Waals surface area (Å²) in [4.78, 5) is 0. The summed E-state index contributed by atoms with van der Waals surface area (Å²) < 4.78 is -0.502. The van der Waals surface area contributed by atoms with Crippen LogP contribution in [0.3, 0.4) is 0 Å². The van der Waals surface area contributed by atoms with E-state index in [1.165, 1.54) is 0 Å². The third-order valence-electron chi connectivity index (χ3n) is 2.39.